The van der Waals surface area contributed by atoms with Crippen LogP contribution in [-0.4, -0.2) is 24.6 Å². The van der Waals surface area contributed by atoms with Gasteiger partial charge in [-0.05, 0) is 17.7 Å². The second-order valence-corrected chi connectivity index (χ2v) is 5.45. The van der Waals surface area contributed by atoms with E-state index in [2.05, 4.69) is 5.32 Å². The molecular formula is C18H18N2O3. The van der Waals surface area contributed by atoms with Crippen LogP contribution in [0.4, 0.5) is 10.5 Å². The van der Waals surface area contributed by atoms with Crippen molar-refractivity contribution in [2.24, 2.45) is 0 Å². The average Bonchev–Trinajstić information content (AvgIpc) is 2.95. The normalized spacial score (nSPS) is 17.1. The number of benzene rings is 2. The van der Waals surface area contributed by atoms with E-state index in [0.29, 0.717) is 6.54 Å². The van der Waals surface area contributed by atoms with E-state index in [1.54, 1.807) is 4.90 Å². The largest absolute Gasteiger partial charge is 0.445 e. The zero-order valence-electron chi connectivity index (χ0n) is 12.6. The maximum atomic E-state index is 12.1. The van der Waals surface area contributed by atoms with Gasteiger partial charge in [0, 0.05) is 18.7 Å². The summed E-state index contributed by atoms with van der Waals surface area (Å²) in [5.41, 5.74) is 1.77. The van der Waals surface area contributed by atoms with Crippen molar-refractivity contribution in [1.82, 2.24) is 5.32 Å². The van der Waals surface area contributed by atoms with Crippen molar-refractivity contribution < 1.29 is 14.3 Å². The number of alkyl carbamates (subject to hydrolysis) is 1. The Kier molecular flexibility index (Phi) is 4.57. The Balaban J connectivity index is 1.51. The summed E-state index contributed by atoms with van der Waals surface area (Å²) in [5, 5.41) is 2.76. The van der Waals surface area contributed by atoms with Crippen molar-refractivity contribution in [2.45, 2.75) is 19.1 Å². The van der Waals surface area contributed by atoms with Crippen molar-refractivity contribution in [3.05, 3.63) is 66.2 Å². The summed E-state index contributed by atoms with van der Waals surface area (Å²) in [6.45, 7) is 0.680. The van der Waals surface area contributed by atoms with Gasteiger partial charge >= 0.3 is 6.09 Å². The smallest absolute Gasteiger partial charge is 0.407 e. The Morgan fingerprint density at radius 3 is 2.43 bits per heavy atom. The van der Waals surface area contributed by atoms with Crippen LogP contribution in [0.5, 0.6) is 0 Å². The lowest BCUT2D eigenvalue weighted by atomic mass is 10.2. The van der Waals surface area contributed by atoms with Crippen molar-refractivity contribution >= 4 is 17.7 Å². The van der Waals surface area contributed by atoms with Crippen LogP contribution in [0.2, 0.25) is 0 Å². The van der Waals surface area contributed by atoms with Crippen LogP contribution in [0, 0.1) is 0 Å². The Morgan fingerprint density at radius 1 is 1.09 bits per heavy atom. The van der Waals surface area contributed by atoms with Crippen LogP contribution in [0.1, 0.15) is 12.0 Å². The zero-order valence-corrected chi connectivity index (χ0v) is 12.6. The molecule has 1 fully saturated rings. The first-order chi connectivity index (χ1) is 11.2. The van der Waals surface area contributed by atoms with Crippen LogP contribution in [0.3, 0.4) is 0 Å². The van der Waals surface area contributed by atoms with Crippen LogP contribution in [0.25, 0.3) is 0 Å². The Bertz CT molecular complexity index is 673. The monoisotopic (exact) mass is 310 g/mol. The highest BCUT2D eigenvalue weighted by Gasteiger charge is 2.31. The predicted molar refractivity (Wildman–Crippen MR) is 87.0 cm³/mol. The molecule has 2 aromatic carbocycles. The molecule has 1 heterocycles. The number of ether oxygens (including phenoxy) is 1. The minimum Gasteiger partial charge on any atom is -0.445 e. The predicted octanol–water partition coefficient (Wildman–Crippen LogP) is 2.72. The topological polar surface area (TPSA) is 58.6 Å². The molecule has 0 spiro atoms. The van der Waals surface area contributed by atoms with Gasteiger partial charge in [0.2, 0.25) is 5.91 Å². The number of amides is 2. The molecular weight excluding hydrogens is 292 g/mol. The number of hydrogen-bond acceptors (Lipinski definition) is 3. The molecule has 5 nitrogen and oxygen atoms in total. The van der Waals surface area contributed by atoms with E-state index in [1.807, 2.05) is 60.7 Å². The van der Waals surface area contributed by atoms with Crippen molar-refractivity contribution in [1.29, 1.82) is 0 Å². The number of rotatable bonds is 4. The van der Waals surface area contributed by atoms with Gasteiger partial charge in [-0.2, -0.15) is 0 Å². The third-order valence-electron chi connectivity index (χ3n) is 3.73. The number of carbonyl (C=O) groups excluding carboxylic acids is 2. The van der Waals surface area contributed by atoms with E-state index in [1.165, 1.54) is 0 Å². The van der Waals surface area contributed by atoms with Crippen LogP contribution >= 0.6 is 0 Å². The zero-order chi connectivity index (χ0) is 16.1. The summed E-state index contributed by atoms with van der Waals surface area (Å²) >= 11 is 0. The van der Waals surface area contributed by atoms with E-state index in [0.717, 1.165) is 11.3 Å². The molecule has 1 aliphatic rings. The maximum absolute atomic E-state index is 12.1. The highest BCUT2D eigenvalue weighted by Crippen LogP contribution is 2.21. The molecule has 118 valence electrons. The minimum atomic E-state index is -0.499. The lowest BCUT2D eigenvalue weighted by Gasteiger charge is -2.17. The lowest BCUT2D eigenvalue weighted by Crippen LogP contribution is -2.37. The summed E-state index contributed by atoms with van der Waals surface area (Å²) in [6, 6.07) is 18.7. The van der Waals surface area contributed by atoms with Gasteiger partial charge in [-0.1, -0.05) is 48.5 Å². The first-order valence-electron chi connectivity index (χ1n) is 7.55. The van der Waals surface area contributed by atoms with Gasteiger partial charge in [0.1, 0.15) is 6.61 Å². The van der Waals surface area contributed by atoms with Gasteiger partial charge in [-0.3, -0.25) is 4.79 Å². The highest BCUT2D eigenvalue weighted by molar-refractivity contribution is 5.96. The summed E-state index contributed by atoms with van der Waals surface area (Å²) < 4.78 is 5.19. The van der Waals surface area contributed by atoms with Gasteiger partial charge in [-0.15, -0.1) is 0 Å². The Hall–Kier alpha value is -2.82. The number of carbonyl (C=O) groups is 2. The fourth-order valence-electron chi connectivity index (χ4n) is 2.59. The molecule has 0 saturated carbocycles. The Morgan fingerprint density at radius 2 is 1.74 bits per heavy atom. The molecule has 0 unspecified atom stereocenters. The van der Waals surface area contributed by atoms with Crippen molar-refractivity contribution in [3.8, 4) is 0 Å². The third kappa shape index (κ3) is 3.88. The molecule has 1 aliphatic heterocycles. The number of hydrogen-bond donors (Lipinski definition) is 1. The van der Waals surface area contributed by atoms with E-state index < -0.39 is 6.09 Å². The standard InChI is InChI=1S/C18H18N2O3/c21-17-11-15(12-20(17)16-9-5-2-6-10-16)19-18(22)23-13-14-7-3-1-4-8-14/h1-10,15H,11-13H2,(H,19,22)/t15-/m1/s1. The molecule has 23 heavy (non-hydrogen) atoms. The van der Waals surface area contributed by atoms with Crippen LogP contribution in [0.15, 0.2) is 60.7 Å². The molecule has 0 aromatic heterocycles. The molecule has 5 heteroatoms. The minimum absolute atomic E-state index is 0.00422. The van der Waals surface area contributed by atoms with Crippen molar-refractivity contribution in [3.63, 3.8) is 0 Å². The molecule has 1 saturated heterocycles. The van der Waals surface area contributed by atoms with Gasteiger partial charge in [0.05, 0.1) is 6.04 Å². The molecule has 0 aliphatic carbocycles. The summed E-state index contributed by atoms with van der Waals surface area (Å²) in [6.07, 6.45) is -0.212. The van der Waals surface area contributed by atoms with E-state index in [-0.39, 0.29) is 25.0 Å². The van der Waals surface area contributed by atoms with Gasteiger partial charge < -0.3 is 15.0 Å². The number of para-hydroxylation sites is 1. The van der Waals surface area contributed by atoms with Gasteiger partial charge in [0.15, 0.2) is 0 Å². The van der Waals surface area contributed by atoms with Crippen LogP contribution in [-0.2, 0) is 16.1 Å². The fraction of sp³-hybridized carbons (Fsp3) is 0.222. The van der Waals surface area contributed by atoms with Crippen LogP contribution < -0.4 is 10.2 Å². The summed E-state index contributed by atoms with van der Waals surface area (Å²) in [4.78, 5) is 25.6. The Labute approximate surface area is 134 Å². The molecule has 2 amide bonds. The van der Waals surface area contributed by atoms with Crippen molar-refractivity contribution in [2.75, 3.05) is 11.4 Å². The number of nitrogens with one attached hydrogen (secondary N) is 1. The molecule has 0 radical (unpaired) electrons. The number of nitrogens with zero attached hydrogens (tertiary/aromatic N) is 1. The van der Waals surface area contributed by atoms with E-state index >= 15 is 0 Å². The summed E-state index contributed by atoms with van der Waals surface area (Å²) in [5.74, 6) is 0.00422. The first kappa shape index (κ1) is 15.1. The molecule has 2 aromatic rings. The molecule has 1 atom stereocenters. The molecule has 0 bridgehead atoms. The SMILES string of the molecule is O=C(N[C@@H]1CC(=O)N(c2ccccc2)C1)OCc1ccccc1. The fourth-order valence-corrected chi connectivity index (χ4v) is 2.59. The third-order valence-corrected chi connectivity index (χ3v) is 3.73. The van der Waals surface area contributed by atoms with E-state index in [9.17, 15) is 9.59 Å². The maximum Gasteiger partial charge on any atom is 0.407 e. The van der Waals surface area contributed by atoms with Gasteiger partial charge in [-0.25, -0.2) is 4.79 Å². The molecule has 3 rings (SSSR count). The highest BCUT2D eigenvalue weighted by atomic mass is 16.5. The van der Waals surface area contributed by atoms with Gasteiger partial charge in [0.25, 0.3) is 0 Å². The number of anilines is 1. The first-order valence-corrected chi connectivity index (χ1v) is 7.55. The lowest BCUT2D eigenvalue weighted by molar-refractivity contribution is -0.117. The quantitative estimate of drug-likeness (QED) is 0.944. The second-order valence-electron chi connectivity index (χ2n) is 5.45. The average molecular weight is 310 g/mol. The molecule has 1 N–H and O–H groups in total. The second kappa shape index (κ2) is 6.96. The summed E-state index contributed by atoms with van der Waals surface area (Å²) in [7, 11) is 0. The van der Waals surface area contributed by atoms with E-state index in [4.69, 9.17) is 4.74 Å².